The van der Waals surface area contributed by atoms with Gasteiger partial charge in [-0.25, -0.2) is 8.42 Å². The zero-order chi connectivity index (χ0) is 22.8. The van der Waals surface area contributed by atoms with E-state index in [9.17, 15) is 13.2 Å². The van der Waals surface area contributed by atoms with E-state index in [1.807, 2.05) is 0 Å². The van der Waals surface area contributed by atoms with E-state index in [0.29, 0.717) is 11.1 Å². The van der Waals surface area contributed by atoms with Crippen LogP contribution >= 0.6 is 0 Å². The first-order valence-electron chi connectivity index (χ1n) is 11.4. The number of hydrogen-bond donors (Lipinski definition) is 1. The summed E-state index contributed by atoms with van der Waals surface area (Å²) in [6.07, 6.45) is 7.43. The van der Waals surface area contributed by atoms with Gasteiger partial charge in [0.25, 0.3) is 5.91 Å². The molecule has 0 bridgehead atoms. The van der Waals surface area contributed by atoms with Crippen LogP contribution in [0, 0.1) is 0 Å². The maximum atomic E-state index is 13.2. The van der Waals surface area contributed by atoms with Crippen LogP contribution in [0.1, 0.15) is 55.2 Å². The van der Waals surface area contributed by atoms with Gasteiger partial charge in [-0.15, -0.1) is 0 Å². The summed E-state index contributed by atoms with van der Waals surface area (Å²) in [6, 6.07) is 15.1. The van der Waals surface area contributed by atoms with Gasteiger partial charge in [0.1, 0.15) is 0 Å². The number of carbonyl (C=O) groups is 1. The number of benzene rings is 2. The predicted molar refractivity (Wildman–Crippen MR) is 128 cm³/mol. The third-order valence-corrected chi connectivity index (χ3v) is 8.00. The Kier molecular flexibility index (Phi) is 6.54. The first kappa shape index (κ1) is 22.7. The molecule has 170 valence electrons. The lowest BCUT2D eigenvalue weighted by Gasteiger charge is -2.39. The van der Waals surface area contributed by atoms with Gasteiger partial charge >= 0.3 is 0 Å². The van der Waals surface area contributed by atoms with E-state index in [1.54, 1.807) is 18.2 Å². The predicted octanol–water partition coefficient (Wildman–Crippen LogP) is 4.33. The van der Waals surface area contributed by atoms with E-state index >= 15 is 0 Å². The molecule has 1 saturated carbocycles. The normalized spacial score (nSPS) is 18.2. The fraction of sp³-hybridized carbons (Fsp3) is 0.423. The van der Waals surface area contributed by atoms with Crippen molar-refractivity contribution in [1.29, 1.82) is 0 Å². The molecule has 0 radical (unpaired) electrons. The minimum atomic E-state index is -3.34. The molecular formula is C26H32N2O3S. The van der Waals surface area contributed by atoms with Crippen molar-refractivity contribution in [3.8, 4) is 0 Å². The van der Waals surface area contributed by atoms with Gasteiger partial charge in [0, 0.05) is 37.0 Å². The highest BCUT2D eigenvalue weighted by Crippen LogP contribution is 2.33. The largest absolute Gasteiger partial charge is 0.347 e. The molecule has 6 heteroatoms. The van der Waals surface area contributed by atoms with Crippen molar-refractivity contribution in [2.75, 3.05) is 12.8 Å². The van der Waals surface area contributed by atoms with E-state index < -0.39 is 9.84 Å². The Morgan fingerprint density at radius 1 is 1.03 bits per heavy atom. The maximum Gasteiger partial charge on any atom is 0.251 e. The second kappa shape index (κ2) is 9.20. The molecule has 0 saturated heterocycles. The Balaban J connectivity index is 1.44. The van der Waals surface area contributed by atoms with Crippen molar-refractivity contribution in [3.63, 3.8) is 0 Å². The van der Waals surface area contributed by atoms with Crippen LogP contribution in [0.3, 0.4) is 0 Å². The van der Waals surface area contributed by atoms with Crippen molar-refractivity contribution in [1.82, 2.24) is 10.2 Å². The average Bonchev–Trinajstić information content (AvgIpc) is 3.20. The molecule has 5 nitrogen and oxygen atoms in total. The van der Waals surface area contributed by atoms with Gasteiger partial charge in [0.2, 0.25) is 0 Å². The minimum absolute atomic E-state index is 0.199. The molecule has 2 aliphatic rings. The minimum Gasteiger partial charge on any atom is -0.347 e. The van der Waals surface area contributed by atoms with E-state index in [4.69, 9.17) is 0 Å². The zero-order valence-corrected chi connectivity index (χ0v) is 19.6. The highest BCUT2D eigenvalue weighted by Gasteiger charge is 2.35. The van der Waals surface area contributed by atoms with E-state index in [0.717, 1.165) is 51.7 Å². The molecule has 1 amide bonds. The molecule has 1 fully saturated rings. The Labute approximate surface area is 191 Å². The summed E-state index contributed by atoms with van der Waals surface area (Å²) in [4.78, 5) is 15.8. The standard InChI is InChI=1S/C26H32N2O3S/c1-20(21-11-8-12-24(17-21)32(2,30)31)25(29)27-26(13-6-3-7-14-26)15-16-28-18-22-9-4-5-10-23(22)19-28/h4-5,8-12,17H,1,3,6-7,13-16,18-19H2,2H3,(H,27,29). The topological polar surface area (TPSA) is 66.5 Å². The molecule has 1 N–H and O–H groups in total. The number of sulfone groups is 1. The lowest BCUT2D eigenvalue weighted by Crippen LogP contribution is -2.51. The number of hydrogen-bond acceptors (Lipinski definition) is 4. The Morgan fingerprint density at radius 3 is 2.31 bits per heavy atom. The molecule has 2 aromatic rings. The number of rotatable bonds is 7. The molecule has 0 aromatic heterocycles. The van der Waals surface area contributed by atoms with Gasteiger partial charge < -0.3 is 5.32 Å². The van der Waals surface area contributed by atoms with Crippen LogP contribution in [0.2, 0.25) is 0 Å². The number of amides is 1. The van der Waals surface area contributed by atoms with Crippen molar-refractivity contribution >= 4 is 21.3 Å². The maximum absolute atomic E-state index is 13.2. The monoisotopic (exact) mass is 452 g/mol. The van der Waals surface area contributed by atoms with Gasteiger partial charge in [0.05, 0.1) is 4.90 Å². The SMILES string of the molecule is C=C(C(=O)NC1(CCN2Cc3ccccc3C2)CCCCC1)c1cccc(S(C)(=O)=O)c1. The van der Waals surface area contributed by atoms with Crippen LogP contribution < -0.4 is 5.32 Å². The lowest BCUT2D eigenvalue weighted by molar-refractivity contribution is -0.118. The highest BCUT2D eigenvalue weighted by molar-refractivity contribution is 7.90. The van der Waals surface area contributed by atoms with Gasteiger partial charge in [-0.2, -0.15) is 0 Å². The summed E-state index contributed by atoms with van der Waals surface area (Å²) in [5.74, 6) is -0.206. The Bertz CT molecular complexity index is 1090. The van der Waals surface area contributed by atoms with Crippen molar-refractivity contribution in [2.24, 2.45) is 0 Å². The smallest absolute Gasteiger partial charge is 0.251 e. The van der Waals surface area contributed by atoms with Crippen LogP contribution in [-0.4, -0.2) is 37.6 Å². The van der Waals surface area contributed by atoms with Gasteiger partial charge in [-0.05, 0) is 48.1 Å². The molecule has 1 aliphatic carbocycles. The van der Waals surface area contributed by atoms with Crippen LogP contribution in [0.4, 0.5) is 0 Å². The average molecular weight is 453 g/mol. The molecule has 0 spiro atoms. The number of fused-ring (bicyclic) bond motifs is 1. The summed E-state index contributed by atoms with van der Waals surface area (Å²) in [5, 5.41) is 3.32. The van der Waals surface area contributed by atoms with E-state index in [2.05, 4.69) is 41.1 Å². The molecule has 1 heterocycles. The Hall–Kier alpha value is -2.44. The Morgan fingerprint density at radius 2 is 1.69 bits per heavy atom. The van der Waals surface area contributed by atoms with Crippen molar-refractivity contribution < 1.29 is 13.2 Å². The number of nitrogens with one attached hydrogen (secondary N) is 1. The van der Waals surface area contributed by atoms with Crippen LogP contribution in [0.15, 0.2) is 60.0 Å². The van der Waals surface area contributed by atoms with E-state index in [-0.39, 0.29) is 16.3 Å². The third kappa shape index (κ3) is 5.13. The van der Waals surface area contributed by atoms with Gasteiger partial charge in [-0.3, -0.25) is 9.69 Å². The zero-order valence-electron chi connectivity index (χ0n) is 18.8. The fourth-order valence-corrected chi connectivity index (χ4v) is 5.63. The summed E-state index contributed by atoms with van der Waals surface area (Å²) in [6.45, 7) is 6.85. The first-order chi connectivity index (χ1) is 15.3. The molecule has 0 atom stereocenters. The van der Waals surface area contributed by atoms with Gasteiger partial charge in [-0.1, -0.05) is 62.2 Å². The second-order valence-corrected chi connectivity index (χ2v) is 11.3. The van der Waals surface area contributed by atoms with Crippen molar-refractivity contribution in [3.05, 3.63) is 71.8 Å². The fourth-order valence-electron chi connectivity index (χ4n) is 4.96. The third-order valence-electron chi connectivity index (χ3n) is 6.89. The van der Waals surface area contributed by atoms with Crippen molar-refractivity contribution in [2.45, 2.75) is 62.0 Å². The molecule has 32 heavy (non-hydrogen) atoms. The summed E-state index contributed by atoms with van der Waals surface area (Å²) in [5.41, 5.74) is 3.42. The number of nitrogens with zero attached hydrogens (tertiary/aromatic N) is 1. The molecule has 0 unspecified atom stereocenters. The second-order valence-electron chi connectivity index (χ2n) is 9.30. The summed E-state index contributed by atoms with van der Waals surface area (Å²) in [7, 11) is -3.34. The molecular weight excluding hydrogens is 420 g/mol. The molecule has 2 aromatic carbocycles. The van der Waals surface area contributed by atoms with Gasteiger partial charge in [0.15, 0.2) is 9.84 Å². The lowest BCUT2D eigenvalue weighted by atomic mass is 9.78. The van der Waals surface area contributed by atoms with E-state index in [1.165, 1.54) is 29.9 Å². The summed E-state index contributed by atoms with van der Waals surface area (Å²) < 4.78 is 23.8. The number of carbonyl (C=O) groups excluding carboxylic acids is 1. The molecule has 1 aliphatic heterocycles. The van der Waals surface area contributed by atoms with Crippen LogP contribution in [-0.2, 0) is 27.7 Å². The summed E-state index contributed by atoms with van der Waals surface area (Å²) >= 11 is 0. The highest BCUT2D eigenvalue weighted by atomic mass is 32.2. The van der Waals surface area contributed by atoms with Crippen LogP contribution in [0.25, 0.3) is 5.57 Å². The first-order valence-corrected chi connectivity index (χ1v) is 13.3. The quantitative estimate of drug-likeness (QED) is 0.635. The molecule has 4 rings (SSSR count). The van der Waals surface area contributed by atoms with Crippen LogP contribution in [0.5, 0.6) is 0 Å².